The molecule has 0 aliphatic heterocycles. The maximum atomic E-state index is 13.3. The number of halogens is 3. The summed E-state index contributed by atoms with van der Waals surface area (Å²) in [5.74, 6) is -4.08. The third kappa shape index (κ3) is 2.22. The van der Waals surface area contributed by atoms with Gasteiger partial charge in [0.15, 0.2) is 23.1 Å². The lowest BCUT2D eigenvalue weighted by atomic mass is 10.3. The fraction of sp³-hybridized carbons (Fsp3) is 0. The molecule has 0 atom stereocenters. The van der Waals surface area contributed by atoms with Crippen molar-refractivity contribution in [1.82, 2.24) is 9.97 Å². The summed E-state index contributed by atoms with van der Waals surface area (Å²) in [5, 5.41) is 10.9. The molecule has 1 N–H and O–H groups in total. The number of aromatic nitrogens is 2. The van der Waals surface area contributed by atoms with Crippen LogP contribution in [0.4, 0.5) is 24.7 Å². The van der Waals surface area contributed by atoms with E-state index in [4.69, 9.17) is 5.26 Å². The SMILES string of the molecule is N#Cc1cnc(Nc2ccc(F)c(F)c2F)cn1. The molecule has 0 amide bonds. The molecule has 4 nitrogen and oxygen atoms in total. The van der Waals surface area contributed by atoms with Crippen LogP contribution in [-0.2, 0) is 0 Å². The second-order valence-corrected chi connectivity index (χ2v) is 3.25. The molecule has 0 saturated carbocycles. The van der Waals surface area contributed by atoms with Crippen molar-refractivity contribution in [3.8, 4) is 6.07 Å². The van der Waals surface area contributed by atoms with Gasteiger partial charge < -0.3 is 5.32 Å². The van der Waals surface area contributed by atoms with Crippen LogP contribution in [0, 0.1) is 28.8 Å². The molecule has 7 heteroatoms. The van der Waals surface area contributed by atoms with Crippen molar-refractivity contribution in [2.45, 2.75) is 0 Å². The minimum Gasteiger partial charge on any atom is -0.336 e. The van der Waals surface area contributed by atoms with Gasteiger partial charge in [-0.2, -0.15) is 5.26 Å². The first-order chi connectivity index (χ1) is 8.61. The van der Waals surface area contributed by atoms with Gasteiger partial charge in [0.1, 0.15) is 11.9 Å². The van der Waals surface area contributed by atoms with E-state index in [-0.39, 0.29) is 17.2 Å². The second kappa shape index (κ2) is 4.71. The maximum Gasteiger partial charge on any atom is 0.196 e. The minimum atomic E-state index is -1.57. The zero-order valence-corrected chi connectivity index (χ0v) is 8.78. The van der Waals surface area contributed by atoms with Gasteiger partial charge in [0.05, 0.1) is 18.1 Å². The molecule has 2 rings (SSSR count). The van der Waals surface area contributed by atoms with Crippen LogP contribution in [0.3, 0.4) is 0 Å². The van der Waals surface area contributed by atoms with Crippen LogP contribution < -0.4 is 5.32 Å². The molecular formula is C11H5F3N4. The predicted molar refractivity (Wildman–Crippen MR) is 56.3 cm³/mol. The molecule has 1 aromatic heterocycles. The first kappa shape index (κ1) is 11.9. The predicted octanol–water partition coefficient (Wildman–Crippen LogP) is 2.51. The summed E-state index contributed by atoms with van der Waals surface area (Å²) in [6.07, 6.45) is 2.35. The third-order valence-electron chi connectivity index (χ3n) is 2.06. The van der Waals surface area contributed by atoms with Crippen LogP contribution in [0.15, 0.2) is 24.5 Å². The van der Waals surface area contributed by atoms with Crippen LogP contribution >= 0.6 is 0 Å². The molecule has 0 aliphatic carbocycles. The molecule has 0 spiro atoms. The van der Waals surface area contributed by atoms with Gasteiger partial charge in [0.2, 0.25) is 0 Å². The van der Waals surface area contributed by atoms with E-state index in [0.29, 0.717) is 0 Å². The molecule has 18 heavy (non-hydrogen) atoms. The van der Waals surface area contributed by atoms with Gasteiger partial charge in [-0.15, -0.1) is 0 Å². The highest BCUT2D eigenvalue weighted by Gasteiger charge is 2.13. The number of hydrogen-bond donors (Lipinski definition) is 1. The largest absolute Gasteiger partial charge is 0.336 e. The number of nitrogens with one attached hydrogen (secondary N) is 1. The normalized spacial score (nSPS) is 9.89. The number of anilines is 2. The van der Waals surface area contributed by atoms with Gasteiger partial charge in [0, 0.05) is 0 Å². The van der Waals surface area contributed by atoms with Gasteiger partial charge in [-0.1, -0.05) is 0 Å². The van der Waals surface area contributed by atoms with Gasteiger partial charge >= 0.3 is 0 Å². The van der Waals surface area contributed by atoms with Crippen molar-refractivity contribution < 1.29 is 13.2 Å². The first-order valence-corrected chi connectivity index (χ1v) is 4.74. The average molecular weight is 250 g/mol. The summed E-state index contributed by atoms with van der Waals surface area (Å²) in [5.41, 5.74) is -0.181. The molecule has 0 bridgehead atoms. The lowest BCUT2D eigenvalue weighted by molar-refractivity contribution is 0.449. The van der Waals surface area contributed by atoms with E-state index in [0.717, 1.165) is 12.1 Å². The van der Waals surface area contributed by atoms with Gasteiger partial charge in [0.25, 0.3) is 0 Å². The molecule has 1 heterocycles. The minimum absolute atomic E-state index is 0.0892. The lowest BCUT2D eigenvalue weighted by Crippen LogP contribution is -2.01. The summed E-state index contributed by atoms with van der Waals surface area (Å²) in [4.78, 5) is 7.45. The Balaban J connectivity index is 2.29. The molecule has 0 radical (unpaired) electrons. The molecule has 0 fully saturated rings. The van der Waals surface area contributed by atoms with E-state index < -0.39 is 17.5 Å². The molecule has 0 aliphatic rings. The fourth-order valence-corrected chi connectivity index (χ4v) is 1.21. The Hall–Kier alpha value is -2.62. The number of nitrogens with zero attached hydrogens (tertiary/aromatic N) is 3. The topological polar surface area (TPSA) is 61.6 Å². The van der Waals surface area contributed by atoms with Crippen molar-refractivity contribution >= 4 is 11.5 Å². The van der Waals surface area contributed by atoms with E-state index in [2.05, 4.69) is 15.3 Å². The van der Waals surface area contributed by atoms with Crippen molar-refractivity contribution in [3.05, 3.63) is 47.7 Å². The summed E-state index contributed by atoms with van der Waals surface area (Å²) < 4.78 is 38.9. The summed E-state index contributed by atoms with van der Waals surface area (Å²) in [6, 6.07) is 3.59. The Kier molecular flexibility index (Phi) is 3.10. The molecular weight excluding hydrogens is 245 g/mol. The standard InChI is InChI=1S/C11H5F3N4/c12-7-1-2-8(11(14)10(7)13)18-9-5-16-6(3-15)4-17-9/h1-2,4-5H,(H,17,18). The highest BCUT2D eigenvalue weighted by Crippen LogP contribution is 2.22. The zero-order valence-electron chi connectivity index (χ0n) is 8.78. The van der Waals surface area contributed by atoms with E-state index >= 15 is 0 Å². The van der Waals surface area contributed by atoms with E-state index in [1.54, 1.807) is 6.07 Å². The molecule has 0 saturated heterocycles. The Labute approximate surface area is 99.7 Å². The molecule has 0 unspecified atom stereocenters. The third-order valence-corrected chi connectivity index (χ3v) is 2.06. The number of nitriles is 1. The molecule has 2 aromatic rings. The van der Waals surface area contributed by atoms with Crippen LogP contribution in [0.5, 0.6) is 0 Å². The lowest BCUT2D eigenvalue weighted by Gasteiger charge is -2.06. The Bertz CT molecular complexity index is 619. The second-order valence-electron chi connectivity index (χ2n) is 3.25. The van der Waals surface area contributed by atoms with Crippen LogP contribution in [-0.4, -0.2) is 9.97 Å². The fourth-order valence-electron chi connectivity index (χ4n) is 1.21. The van der Waals surface area contributed by atoms with E-state index in [1.807, 2.05) is 0 Å². The van der Waals surface area contributed by atoms with Crippen molar-refractivity contribution in [2.75, 3.05) is 5.32 Å². The number of hydrogen-bond acceptors (Lipinski definition) is 4. The van der Waals surface area contributed by atoms with Crippen LogP contribution in [0.2, 0.25) is 0 Å². The maximum absolute atomic E-state index is 13.3. The van der Waals surface area contributed by atoms with Crippen molar-refractivity contribution in [2.24, 2.45) is 0 Å². The average Bonchev–Trinajstić information content (AvgIpc) is 2.40. The highest BCUT2D eigenvalue weighted by atomic mass is 19.2. The van der Waals surface area contributed by atoms with Crippen LogP contribution in [0.25, 0.3) is 0 Å². The Morgan fingerprint density at radius 1 is 1.06 bits per heavy atom. The highest BCUT2D eigenvalue weighted by molar-refractivity contribution is 5.56. The van der Waals surface area contributed by atoms with Gasteiger partial charge in [-0.05, 0) is 12.1 Å². The Morgan fingerprint density at radius 2 is 1.83 bits per heavy atom. The molecule has 1 aromatic carbocycles. The quantitative estimate of drug-likeness (QED) is 0.832. The number of rotatable bonds is 2. The van der Waals surface area contributed by atoms with Crippen molar-refractivity contribution in [3.63, 3.8) is 0 Å². The van der Waals surface area contributed by atoms with Gasteiger partial charge in [-0.3, -0.25) is 0 Å². The first-order valence-electron chi connectivity index (χ1n) is 4.74. The zero-order chi connectivity index (χ0) is 13.1. The summed E-state index contributed by atoms with van der Waals surface area (Å²) in [7, 11) is 0. The van der Waals surface area contributed by atoms with Crippen LogP contribution in [0.1, 0.15) is 5.69 Å². The number of benzene rings is 1. The van der Waals surface area contributed by atoms with E-state index in [1.165, 1.54) is 12.4 Å². The van der Waals surface area contributed by atoms with E-state index in [9.17, 15) is 13.2 Å². The summed E-state index contributed by atoms with van der Waals surface area (Å²) >= 11 is 0. The monoisotopic (exact) mass is 250 g/mol. The molecule has 90 valence electrons. The van der Waals surface area contributed by atoms with Gasteiger partial charge in [-0.25, -0.2) is 23.1 Å². The summed E-state index contributed by atoms with van der Waals surface area (Å²) in [6.45, 7) is 0. The Morgan fingerprint density at radius 3 is 2.44 bits per heavy atom. The smallest absolute Gasteiger partial charge is 0.196 e. The van der Waals surface area contributed by atoms with Crippen molar-refractivity contribution in [1.29, 1.82) is 5.26 Å².